The number of morpholine rings is 1. The van der Waals surface area contributed by atoms with Gasteiger partial charge in [-0.25, -0.2) is 13.1 Å². The number of hydrogen-bond acceptors (Lipinski definition) is 5. The first kappa shape index (κ1) is 16.4. The molecule has 8 heteroatoms. The van der Waals surface area contributed by atoms with E-state index in [1.165, 1.54) is 17.1 Å². The first-order valence-electron chi connectivity index (χ1n) is 7.20. The van der Waals surface area contributed by atoms with E-state index in [0.717, 1.165) is 13.1 Å². The lowest BCUT2D eigenvalue weighted by Gasteiger charge is -2.36. The summed E-state index contributed by atoms with van der Waals surface area (Å²) in [4.78, 5) is 2.49. The summed E-state index contributed by atoms with van der Waals surface area (Å²) in [6, 6.07) is 0.167. The van der Waals surface area contributed by atoms with Crippen molar-refractivity contribution >= 4 is 10.0 Å². The Kier molecular flexibility index (Phi) is 5.37. The van der Waals surface area contributed by atoms with Crippen LogP contribution in [0.2, 0.25) is 0 Å². The lowest BCUT2D eigenvalue weighted by atomic mass is 10.0. The van der Waals surface area contributed by atoms with Crippen molar-refractivity contribution in [1.82, 2.24) is 19.4 Å². The maximum atomic E-state index is 12.2. The van der Waals surface area contributed by atoms with Gasteiger partial charge in [-0.1, -0.05) is 13.8 Å². The second-order valence-corrected chi connectivity index (χ2v) is 7.43. The van der Waals surface area contributed by atoms with Crippen molar-refractivity contribution < 1.29 is 13.2 Å². The highest BCUT2D eigenvalue weighted by Gasteiger charge is 2.26. The SMILES string of the molecule is CC(C)[C@H](CNS(=O)(=O)c1cnn(C)c1)N1CCOCC1. The van der Waals surface area contributed by atoms with Crippen LogP contribution in [0.5, 0.6) is 0 Å². The van der Waals surface area contributed by atoms with Crippen LogP contribution in [-0.2, 0) is 21.8 Å². The van der Waals surface area contributed by atoms with E-state index < -0.39 is 10.0 Å². The lowest BCUT2D eigenvalue weighted by Crippen LogP contribution is -2.51. The Morgan fingerprint density at radius 2 is 2.05 bits per heavy atom. The van der Waals surface area contributed by atoms with Gasteiger partial charge >= 0.3 is 0 Å². The topological polar surface area (TPSA) is 76.5 Å². The fraction of sp³-hybridized carbons (Fsp3) is 0.769. The average molecular weight is 316 g/mol. The molecule has 2 rings (SSSR count). The van der Waals surface area contributed by atoms with Crippen LogP contribution in [0.4, 0.5) is 0 Å². The summed E-state index contributed by atoms with van der Waals surface area (Å²) in [7, 11) is -1.80. The third-order valence-electron chi connectivity index (χ3n) is 3.76. The highest BCUT2D eigenvalue weighted by molar-refractivity contribution is 7.89. The molecule has 1 aromatic rings. The van der Waals surface area contributed by atoms with Crippen molar-refractivity contribution in [2.75, 3.05) is 32.8 Å². The van der Waals surface area contributed by atoms with Crippen LogP contribution in [0.15, 0.2) is 17.3 Å². The lowest BCUT2D eigenvalue weighted by molar-refractivity contribution is 0.00776. The average Bonchev–Trinajstić information content (AvgIpc) is 2.87. The molecule has 0 aromatic carbocycles. The minimum atomic E-state index is -3.50. The van der Waals surface area contributed by atoms with Gasteiger partial charge in [-0.15, -0.1) is 0 Å². The monoisotopic (exact) mass is 316 g/mol. The van der Waals surface area contributed by atoms with E-state index in [1.54, 1.807) is 7.05 Å². The van der Waals surface area contributed by atoms with Crippen molar-refractivity contribution in [2.24, 2.45) is 13.0 Å². The molecule has 1 aromatic heterocycles. The van der Waals surface area contributed by atoms with Gasteiger partial charge in [0, 0.05) is 38.9 Å². The van der Waals surface area contributed by atoms with Crippen molar-refractivity contribution in [3.05, 3.63) is 12.4 Å². The first-order chi connectivity index (χ1) is 9.90. The van der Waals surface area contributed by atoms with E-state index in [-0.39, 0.29) is 10.9 Å². The van der Waals surface area contributed by atoms with E-state index in [2.05, 4.69) is 28.6 Å². The number of aromatic nitrogens is 2. The Balaban J connectivity index is 2.01. The molecule has 0 saturated carbocycles. The van der Waals surface area contributed by atoms with Crippen LogP contribution >= 0.6 is 0 Å². The molecule has 120 valence electrons. The number of sulfonamides is 1. The van der Waals surface area contributed by atoms with Crippen LogP contribution < -0.4 is 4.72 Å². The summed E-state index contributed by atoms with van der Waals surface area (Å²) in [6.07, 6.45) is 2.86. The van der Waals surface area contributed by atoms with Crippen LogP contribution in [-0.4, -0.2) is 62.0 Å². The number of nitrogens with zero attached hydrogens (tertiary/aromatic N) is 3. The number of nitrogens with one attached hydrogen (secondary N) is 1. The largest absolute Gasteiger partial charge is 0.379 e. The maximum Gasteiger partial charge on any atom is 0.243 e. The Morgan fingerprint density at radius 1 is 1.38 bits per heavy atom. The summed E-state index contributed by atoms with van der Waals surface area (Å²) in [5.74, 6) is 0.361. The fourth-order valence-corrected chi connectivity index (χ4v) is 3.55. The van der Waals surface area contributed by atoms with Crippen LogP contribution in [0, 0.1) is 5.92 Å². The number of rotatable bonds is 6. The van der Waals surface area contributed by atoms with Gasteiger partial charge in [-0.3, -0.25) is 9.58 Å². The molecule has 0 amide bonds. The van der Waals surface area contributed by atoms with Crippen molar-refractivity contribution in [3.63, 3.8) is 0 Å². The predicted molar refractivity (Wildman–Crippen MR) is 79.4 cm³/mol. The minimum Gasteiger partial charge on any atom is -0.379 e. The molecule has 0 spiro atoms. The fourth-order valence-electron chi connectivity index (χ4n) is 2.51. The van der Waals surface area contributed by atoms with Crippen LogP contribution in [0.1, 0.15) is 13.8 Å². The van der Waals surface area contributed by atoms with Crippen molar-refractivity contribution in [2.45, 2.75) is 24.8 Å². The Labute approximate surface area is 126 Å². The molecule has 7 nitrogen and oxygen atoms in total. The normalized spacial score (nSPS) is 19.0. The summed E-state index contributed by atoms with van der Waals surface area (Å²) in [5.41, 5.74) is 0. The second kappa shape index (κ2) is 6.87. The van der Waals surface area contributed by atoms with E-state index in [9.17, 15) is 8.42 Å². The van der Waals surface area contributed by atoms with Crippen LogP contribution in [0.3, 0.4) is 0 Å². The summed E-state index contributed by atoms with van der Waals surface area (Å²) in [6.45, 7) is 7.72. The standard InChI is InChI=1S/C13H24N4O3S/c1-11(2)13(17-4-6-20-7-5-17)9-15-21(18,19)12-8-14-16(3)10-12/h8,10-11,13,15H,4-7,9H2,1-3H3/t13-/m0/s1. The summed E-state index contributed by atoms with van der Waals surface area (Å²) < 4.78 is 34.0. The number of hydrogen-bond donors (Lipinski definition) is 1. The van der Waals surface area contributed by atoms with E-state index >= 15 is 0 Å². The van der Waals surface area contributed by atoms with Crippen LogP contribution in [0.25, 0.3) is 0 Å². The predicted octanol–water partition coefficient (Wildman–Crippen LogP) is 0.0552. The Hall–Kier alpha value is -0.960. The molecule has 21 heavy (non-hydrogen) atoms. The van der Waals surface area contributed by atoms with Gasteiger partial charge in [-0.05, 0) is 5.92 Å². The molecule has 2 heterocycles. The molecular formula is C13H24N4O3S. The van der Waals surface area contributed by atoms with Gasteiger partial charge in [-0.2, -0.15) is 5.10 Å². The zero-order valence-corrected chi connectivity index (χ0v) is 13.6. The van der Waals surface area contributed by atoms with E-state index in [4.69, 9.17) is 4.74 Å². The van der Waals surface area contributed by atoms with Crippen molar-refractivity contribution in [1.29, 1.82) is 0 Å². The molecule has 1 atom stereocenters. The van der Waals surface area contributed by atoms with E-state index in [0.29, 0.717) is 25.7 Å². The highest BCUT2D eigenvalue weighted by atomic mass is 32.2. The van der Waals surface area contributed by atoms with E-state index in [1.807, 2.05) is 0 Å². The zero-order valence-electron chi connectivity index (χ0n) is 12.8. The molecule has 1 aliphatic heterocycles. The summed E-state index contributed by atoms with van der Waals surface area (Å²) in [5, 5.41) is 3.91. The quantitative estimate of drug-likeness (QED) is 0.803. The maximum absolute atomic E-state index is 12.2. The number of ether oxygens (including phenoxy) is 1. The smallest absolute Gasteiger partial charge is 0.243 e. The van der Waals surface area contributed by atoms with Gasteiger partial charge in [0.25, 0.3) is 0 Å². The highest BCUT2D eigenvalue weighted by Crippen LogP contribution is 2.14. The molecular weight excluding hydrogens is 292 g/mol. The third kappa shape index (κ3) is 4.26. The minimum absolute atomic E-state index is 0.167. The zero-order chi connectivity index (χ0) is 15.5. The summed E-state index contributed by atoms with van der Waals surface area (Å²) >= 11 is 0. The third-order valence-corrected chi connectivity index (χ3v) is 5.14. The molecule has 0 bridgehead atoms. The second-order valence-electron chi connectivity index (χ2n) is 5.66. The Bertz CT molecular complexity index is 550. The molecule has 0 unspecified atom stereocenters. The molecule has 1 fully saturated rings. The van der Waals surface area contributed by atoms with Gasteiger partial charge in [0.15, 0.2) is 0 Å². The van der Waals surface area contributed by atoms with Crippen molar-refractivity contribution in [3.8, 4) is 0 Å². The van der Waals surface area contributed by atoms with Gasteiger partial charge < -0.3 is 4.74 Å². The van der Waals surface area contributed by atoms with Gasteiger partial charge in [0.1, 0.15) is 4.90 Å². The van der Waals surface area contributed by atoms with Gasteiger partial charge in [0.2, 0.25) is 10.0 Å². The molecule has 0 radical (unpaired) electrons. The molecule has 1 N–H and O–H groups in total. The molecule has 0 aliphatic carbocycles. The molecule has 1 saturated heterocycles. The Morgan fingerprint density at radius 3 is 2.57 bits per heavy atom. The van der Waals surface area contributed by atoms with Gasteiger partial charge in [0.05, 0.1) is 19.4 Å². The number of aryl methyl sites for hydroxylation is 1. The first-order valence-corrected chi connectivity index (χ1v) is 8.68. The molecule has 1 aliphatic rings.